The van der Waals surface area contributed by atoms with Gasteiger partial charge in [0.05, 0.1) is 25.4 Å². The van der Waals surface area contributed by atoms with Gasteiger partial charge >= 0.3 is 5.76 Å². The van der Waals surface area contributed by atoms with Crippen molar-refractivity contribution < 1.29 is 13.9 Å². The summed E-state index contributed by atoms with van der Waals surface area (Å²) in [5, 5.41) is 5.21. The van der Waals surface area contributed by atoms with Gasteiger partial charge in [0.1, 0.15) is 5.58 Å². The third-order valence-electron chi connectivity index (χ3n) is 3.92. The van der Waals surface area contributed by atoms with Crippen LogP contribution in [0.2, 0.25) is 0 Å². The van der Waals surface area contributed by atoms with Crippen molar-refractivity contribution in [2.45, 2.75) is 0 Å². The van der Waals surface area contributed by atoms with Crippen LogP contribution in [0, 0.1) is 0 Å². The first-order chi connectivity index (χ1) is 11.7. The molecule has 2 aromatic heterocycles. The zero-order valence-corrected chi connectivity index (χ0v) is 13.1. The smallest absolute Gasteiger partial charge is 0.440 e. The van der Waals surface area contributed by atoms with E-state index in [1.165, 1.54) is 4.52 Å². The van der Waals surface area contributed by atoms with Crippen molar-refractivity contribution in [1.29, 1.82) is 0 Å². The zero-order chi connectivity index (χ0) is 16.7. The molecule has 0 spiro atoms. The van der Waals surface area contributed by atoms with E-state index in [1.54, 1.807) is 20.3 Å². The van der Waals surface area contributed by atoms with Crippen LogP contribution in [0.15, 0.2) is 57.7 Å². The molecule has 120 valence electrons. The predicted octanol–water partition coefficient (Wildman–Crippen LogP) is 3.12. The summed E-state index contributed by atoms with van der Waals surface area (Å²) in [6, 6.07) is 14.7. The molecule has 0 bridgehead atoms. The maximum atomic E-state index is 12.2. The highest BCUT2D eigenvalue weighted by Gasteiger charge is 2.17. The van der Waals surface area contributed by atoms with Crippen LogP contribution in [0.3, 0.4) is 0 Å². The lowest BCUT2D eigenvalue weighted by atomic mass is 10.1. The van der Waals surface area contributed by atoms with E-state index in [2.05, 4.69) is 5.10 Å². The summed E-state index contributed by atoms with van der Waals surface area (Å²) in [5.74, 6) is 0.637. The van der Waals surface area contributed by atoms with E-state index in [1.807, 2.05) is 42.5 Å². The number of rotatable bonds is 3. The van der Waals surface area contributed by atoms with Gasteiger partial charge in [-0.3, -0.25) is 0 Å². The molecule has 0 aliphatic heterocycles. The predicted molar refractivity (Wildman–Crippen MR) is 89.8 cm³/mol. The third-order valence-corrected chi connectivity index (χ3v) is 3.92. The number of benzene rings is 2. The van der Waals surface area contributed by atoms with E-state index in [9.17, 15) is 4.79 Å². The van der Waals surface area contributed by atoms with Crippen LogP contribution in [0.5, 0.6) is 11.5 Å². The van der Waals surface area contributed by atoms with Crippen LogP contribution in [-0.4, -0.2) is 23.8 Å². The topological polar surface area (TPSA) is 66.0 Å². The van der Waals surface area contributed by atoms with E-state index in [4.69, 9.17) is 13.9 Å². The molecule has 0 saturated carbocycles. The van der Waals surface area contributed by atoms with E-state index in [0.29, 0.717) is 28.3 Å². The average Bonchev–Trinajstić information content (AvgIpc) is 3.07. The molecular weight excluding hydrogens is 308 g/mol. The minimum atomic E-state index is -0.531. The first-order valence-corrected chi connectivity index (χ1v) is 7.36. The Kier molecular flexibility index (Phi) is 3.23. The summed E-state index contributed by atoms with van der Waals surface area (Å²) in [5.41, 5.74) is 2.55. The number of hydrogen-bond donors (Lipinski definition) is 0. The van der Waals surface area contributed by atoms with Crippen LogP contribution in [0.4, 0.5) is 0 Å². The highest BCUT2D eigenvalue weighted by Crippen LogP contribution is 2.37. The van der Waals surface area contributed by atoms with E-state index >= 15 is 0 Å². The van der Waals surface area contributed by atoms with Crippen molar-refractivity contribution in [2.24, 2.45) is 0 Å². The van der Waals surface area contributed by atoms with Crippen molar-refractivity contribution in [3.05, 3.63) is 59.1 Å². The van der Waals surface area contributed by atoms with Crippen molar-refractivity contribution in [3.8, 4) is 22.8 Å². The fourth-order valence-electron chi connectivity index (χ4n) is 2.84. The number of aromatic nitrogens is 2. The summed E-state index contributed by atoms with van der Waals surface area (Å²) in [7, 11) is 3.15. The average molecular weight is 322 g/mol. The minimum absolute atomic E-state index is 0.527. The van der Waals surface area contributed by atoms with Crippen LogP contribution in [-0.2, 0) is 0 Å². The molecule has 0 aliphatic carbocycles. The molecule has 2 aromatic carbocycles. The van der Waals surface area contributed by atoms with Gasteiger partial charge in [-0.2, -0.15) is 9.61 Å². The van der Waals surface area contributed by atoms with Gasteiger partial charge in [-0.1, -0.05) is 18.2 Å². The zero-order valence-electron chi connectivity index (χ0n) is 13.1. The number of ether oxygens (including phenoxy) is 2. The Labute approximate surface area is 136 Å². The molecule has 0 aliphatic rings. The second-order valence-electron chi connectivity index (χ2n) is 5.23. The molecule has 0 radical (unpaired) electrons. The van der Waals surface area contributed by atoms with Crippen molar-refractivity contribution in [1.82, 2.24) is 9.61 Å². The van der Waals surface area contributed by atoms with Crippen LogP contribution in [0.25, 0.3) is 27.7 Å². The Morgan fingerprint density at radius 1 is 1.04 bits per heavy atom. The van der Waals surface area contributed by atoms with Crippen molar-refractivity contribution in [3.63, 3.8) is 0 Å². The second-order valence-corrected chi connectivity index (χ2v) is 5.23. The monoisotopic (exact) mass is 322 g/mol. The Morgan fingerprint density at radius 2 is 1.88 bits per heavy atom. The van der Waals surface area contributed by atoms with E-state index in [-0.39, 0.29) is 0 Å². The van der Waals surface area contributed by atoms with Gasteiger partial charge in [-0.05, 0) is 30.3 Å². The molecule has 0 fully saturated rings. The second kappa shape index (κ2) is 5.42. The molecule has 4 aromatic rings. The van der Waals surface area contributed by atoms with E-state index in [0.717, 1.165) is 10.9 Å². The Balaban J connectivity index is 2.05. The van der Waals surface area contributed by atoms with Crippen LogP contribution in [0.1, 0.15) is 0 Å². The van der Waals surface area contributed by atoms with Crippen LogP contribution >= 0.6 is 0 Å². The van der Waals surface area contributed by atoms with Gasteiger partial charge in [-0.25, -0.2) is 4.79 Å². The summed E-state index contributed by atoms with van der Waals surface area (Å²) in [6.45, 7) is 0. The van der Waals surface area contributed by atoms with Gasteiger partial charge in [0.15, 0.2) is 11.5 Å². The fourth-order valence-corrected chi connectivity index (χ4v) is 2.84. The van der Waals surface area contributed by atoms with Crippen LogP contribution < -0.4 is 15.2 Å². The molecule has 2 heterocycles. The highest BCUT2D eigenvalue weighted by atomic mass is 16.5. The number of hydrogen-bond acceptors (Lipinski definition) is 5. The summed E-state index contributed by atoms with van der Waals surface area (Å²) < 4.78 is 17.4. The van der Waals surface area contributed by atoms with Gasteiger partial charge in [0.25, 0.3) is 0 Å². The number of para-hydroxylation sites is 2. The lowest BCUT2D eigenvalue weighted by Crippen LogP contribution is -2.12. The quantitative estimate of drug-likeness (QED) is 0.580. The fraction of sp³-hybridized carbons (Fsp3) is 0.111. The Morgan fingerprint density at radius 3 is 2.67 bits per heavy atom. The molecule has 0 atom stereocenters. The lowest BCUT2D eigenvalue weighted by molar-refractivity contribution is 0.356. The third kappa shape index (κ3) is 2.04. The van der Waals surface area contributed by atoms with Crippen molar-refractivity contribution in [2.75, 3.05) is 14.2 Å². The Hall–Kier alpha value is -3.28. The highest BCUT2D eigenvalue weighted by molar-refractivity contribution is 5.93. The summed E-state index contributed by atoms with van der Waals surface area (Å²) >= 11 is 0. The first kappa shape index (κ1) is 14.3. The number of nitrogens with zero attached hydrogens (tertiary/aromatic N) is 2. The molecule has 6 heteroatoms. The number of fused-ring (bicyclic) bond motifs is 3. The normalized spacial score (nSPS) is 11.1. The summed E-state index contributed by atoms with van der Waals surface area (Å²) in [4.78, 5) is 12.2. The molecule has 6 nitrogen and oxygen atoms in total. The number of methoxy groups -OCH3 is 2. The molecule has 0 saturated heterocycles. The first-order valence-electron chi connectivity index (χ1n) is 7.36. The van der Waals surface area contributed by atoms with Gasteiger partial charge in [0, 0.05) is 10.9 Å². The molecule has 0 amide bonds. The standard InChI is InChI=1S/C18H14N2O4/c1-22-16-9-5-7-11(17(16)23-2)13-10-14-12-6-3-4-8-15(12)24-18(21)20(14)19-13/h3-10H,1-2H3. The SMILES string of the molecule is COc1cccc(-c2cc3c4ccccc4oc(=O)n3n2)c1OC. The molecule has 24 heavy (non-hydrogen) atoms. The minimum Gasteiger partial charge on any atom is -0.493 e. The molecular formula is C18H14N2O4. The Bertz CT molecular complexity index is 1110. The molecule has 0 unspecified atom stereocenters. The van der Waals surface area contributed by atoms with Gasteiger partial charge in [-0.15, -0.1) is 0 Å². The lowest BCUT2D eigenvalue weighted by Gasteiger charge is -2.10. The molecule has 4 rings (SSSR count). The van der Waals surface area contributed by atoms with Crippen molar-refractivity contribution >= 4 is 16.5 Å². The maximum absolute atomic E-state index is 12.2. The van der Waals surface area contributed by atoms with Gasteiger partial charge in [0.2, 0.25) is 0 Å². The largest absolute Gasteiger partial charge is 0.493 e. The van der Waals surface area contributed by atoms with Gasteiger partial charge < -0.3 is 13.9 Å². The summed E-state index contributed by atoms with van der Waals surface area (Å²) in [6.07, 6.45) is 0. The molecule has 0 N–H and O–H groups in total. The van der Waals surface area contributed by atoms with E-state index < -0.39 is 5.76 Å². The maximum Gasteiger partial charge on any atom is 0.440 e.